The normalized spacial score (nSPS) is 11.0. The lowest BCUT2D eigenvalue weighted by atomic mass is 10.0. The van der Waals surface area contributed by atoms with Crippen LogP contribution in [0.2, 0.25) is 5.02 Å². The number of pyridine rings is 1. The summed E-state index contributed by atoms with van der Waals surface area (Å²) in [6.07, 6.45) is 5.85. The van der Waals surface area contributed by atoms with Gasteiger partial charge in [0.05, 0.1) is 21.9 Å². The second-order valence-electron chi connectivity index (χ2n) is 6.15. The van der Waals surface area contributed by atoms with Crippen molar-refractivity contribution in [2.45, 2.75) is 6.42 Å². The van der Waals surface area contributed by atoms with Crippen molar-refractivity contribution in [3.05, 3.63) is 66.1 Å². The second-order valence-corrected chi connectivity index (χ2v) is 6.56. The summed E-state index contributed by atoms with van der Waals surface area (Å²) in [5.41, 5.74) is 10.4. The highest BCUT2D eigenvalue weighted by atomic mass is 35.5. The molecule has 134 valence electrons. The standard InChI is InChI=1S/C20H17ClN6/c1-3-5-16-20(22)25-19(15-7-9-27(2)26-15)18(24-16)13-10-12-6-4-8-23-17(12)14(21)11-13/h3-4,6-11H,1,5H2,2H3,(H2,22,25). The van der Waals surface area contributed by atoms with Crippen molar-refractivity contribution in [1.29, 1.82) is 0 Å². The quantitative estimate of drug-likeness (QED) is 0.543. The minimum Gasteiger partial charge on any atom is -0.382 e. The van der Waals surface area contributed by atoms with Crippen molar-refractivity contribution >= 4 is 28.3 Å². The molecule has 0 radical (unpaired) electrons. The fraction of sp³-hybridized carbons (Fsp3) is 0.100. The van der Waals surface area contributed by atoms with E-state index < -0.39 is 0 Å². The molecule has 3 aromatic heterocycles. The summed E-state index contributed by atoms with van der Waals surface area (Å²) in [6, 6.07) is 9.57. The Labute approximate surface area is 161 Å². The van der Waals surface area contributed by atoms with Crippen LogP contribution in [0.5, 0.6) is 0 Å². The monoisotopic (exact) mass is 376 g/mol. The smallest absolute Gasteiger partial charge is 0.146 e. The summed E-state index contributed by atoms with van der Waals surface area (Å²) in [5, 5.41) is 5.94. The van der Waals surface area contributed by atoms with Crippen LogP contribution >= 0.6 is 11.6 Å². The fourth-order valence-corrected chi connectivity index (χ4v) is 3.25. The molecule has 6 nitrogen and oxygen atoms in total. The average Bonchev–Trinajstić information content (AvgIpc) is 3.09. The van der Waals surface area contributed by atoms with Gasteiger partial charge in [0.1, 0.15) is 17.2 Å². The minimum absolute atomic E-state index is 0.368. The van der Waals surface area contributed by atoms with Crippen LogP contribution in [-0.4, -0.2) is 24.7 Å². The highest BCUT2D eigenvalue weighted by molar-refractivity contribution is 6.35. The van der Waals surface area contributed by atoms with Gasteiger partial charge in [0.15, 0.2) is 0 Å². The maximum atomic E-state index is 6.48. The molecule has 0 saturated heterocycles. The van der Waals surface area contributed by atoms with Crippen LogP contribution in [0.3, 0.4) is 0 Å². The van der Waals surface area contributed by atoms with Crippen molar-refractivity contribution in [3.8, 4) is 22.6 Å². The van der Waals surface area contributed by atoms with E-state index in [0.717, 1.165) is 16.5 Å². The largest absolute Gasteiger partial charge is 0.382 e. The summed E-state index contributed by atoms with van der Waals surface area (Å²) >= 11 is 6.48. The van der Waals surface area contributed by atoms with E-state index in [9.17, 15) is 0 Å². The molecule has 4 aromatic rings. The predicted octanol–water partition coefficient (Wildman–Crippen LogP) is 4.06. The Balaban J connectivity index is 2.00. The zero-order valence-corrected chi connectivity index (χ0v) is 15.5. The zero-order chi connectivity index (χ0) is 19.0. The molecule has 4 rings (SSSR count). The van der Waals surface area contributed by atoms with Crippen molar-refractivity contribution in [3.63, 3.8) is 0 Å². The summed E-state index contributed by atoms with van der Waals surface area (Å²) in [4.78, 5) is 13.7. The van der Waals surface area contributed by atoms with Crippen LogP contribution in [0.15, 0.2) is 55.4 Å². The Kier molecular flexibility index (Phi) is 4.33. The number of aromatic nitrogens is 5. The number of rotatable bonds is 4. The Morgan fingerprint density at radius 3 is 2.81 bits per heavy atom. The van der Waals surface area contributed by atoms with Crippen molar-refractivity contribution in [2.24, 2.45) is 7.05 Å². The summed E-state index contributed by atoms with van der Waals surface area (Å²) in [5.74, 6) is 0.368. The van der Waals surface area contributed by atoms with Gasteiger partial charge in [-0.2, -0.15) is 5.10 Å². The van der Waals surface area contributed by atoms with Gasteiger partial charge in [0.2, 0.25) is 0 Å². The summed E-state index contributed by atoms with van der Waals surface area (Å²) < 4.78 is 1.71. The Morgan fingerprint density at radius 1 is 1.22 bits per heavy atom. The van der Waals surface area contributed by atoms with Crippen LogP contribution in [0.25, 0.3) is 33.5 Å². The molecule has 0 bridgehead atoms. The number of anilines is 1. The number of fused-ring (bicyclic) bond motifs is 1. The first-order valence-corrected chi connectivity index (χ1v) is 8.76. The van der Waals surface area contributed by atoms with Crippen LogP contribution in [-0.2, 0) is 13.5 Å². The number of hydrogen-bond donors (Lipinski definition) is 1. The molecule has 0 aliphatic rings. The Hall–Kier alpha value is -3.25. The van der Waals surface area contributed by atoms with Gasteiger partial charge in [-0.15, -0.1) is 6.58 Å². The van der Waals surface area contributed by atoms with Crippen LogP contribution in [0.4, 0.5) is 5.82 Å². The SMILES string of the molecule is C=CCc1nc(-c2cc(Cl)c3ncccc3c2)c(-c2ccn(C)n2)nc1N. The van der Waals surface area contributed by atoms with E-state index in [1.165, 1.54) is 0 Å². The molecule has 3 heterocycles. The third-order valence-corrected chi connectivity index (χ3v) is 4.51. The Morgan fingerprint density at radius 2 is 2.07 bits per heavy atom. The molecular weight excluding hydrogens is 360 g/mol. The number of nitrogens with two attached hydrogens (primary N) is 1. The van der Waals surface area contributed by atoms with Gasteiger partial charge in [-0.25, -0.2) is 9.97 Å². The van der Waals surface area contributed by atoms with Gasteiger partial charge in [-0.3, -0.25) is 9.67 Å². The van der Waals surface area contributed by atoms with Crippen molar-refractivity contribution in [2.75, 3.05) is 5.73 Å². The van der Waals surface area contributed by atoms with Crippen molar-refractivity contribution < 1.29 is 0 Å². The second kappa shape index (κ2) is 6.81. The number of allylic oxidation sites excluding steroid dienone is 1. The number of nitrogens with zero attached hydrogens (tertiary/aromatic N) is 5. The van der Waals surface area contributed by atoms with Gasteiger partial charge in [0, 0.05) is 36.8 Å². The van der Waals surface area contributed by atoms with Crippen LogP contribution in [0, 0.1) is 0 Å². The first-order valence-electron chi connectivity index (χ1n) is 8.39. The molecule has 2 N–H and O–H groups in total. The lowest BCUT2D eigenvalue weighted by Crippen LogP contribution is -2.05. The van der Waals surface area contributed by atoms with E-state index >= 15 is 0 Å². The van der Waals surface area contributed by atoms with E-state index in [0.29, 0.717) is 40.0 Å². The third kappa shape index (κ3) is 3.15. The van der Waals surface area contributed by atoms with Gasteiger partial charge >= 0.3 is 0 Å². The zero-order valence-electron chi connectivity index (χ0n) is 14.7. The van der Waals surface area contributed by atoms with Gasteiger partial charge in [-0.1, -0.05) is 23.7 Å². The van der Waals surface area contributed by atoms with E-state index in [-0.39, 0.29) is 0 Å². The molecule has 0 atom stereocenters. The molecule has 0 saturated carbocycles. The van der Waals surface area contributed by atoms with Crippen LogP contribution < -0.4 is 5.73 Å². The first kappa shape index (κ1) is 17.2. The van der Waals surface area contributed by atoms with E-state index in [2.05, 4.69) is 21.6 Å². The molecule has 0 amide bonds. The fourth-order valence-electron chi connectivity index (χ4n) is 2.98. The number of benzene rings is 1. The number of nitrogen functional groups attached to an aromatic ring is 1. The molecule has 7 heteroatoms. The molecule has 0 unspecified atom stereocenters. The van der Waals surface area contributed by atoms with Gasteiger partial charge in [-0.05, 0) is 24.3 Å². The molecule has 0 aliphatic heterocycles. The number of hydrogen-bond acceptors (Lipinski definition) is 5. The first-order chi connectivity index (χ1) is 13.1. The van der Waals surface area contributed by atoms with E-state index in [1.807, 2.05) is 43.6 Å². The lowest BCUT2D eigenvalue weighted by molar-refractivity contribution is 0.770. The predicted molar refractivity (Wildman–Crippen MR) is 108 cm³/mol. The summed E-state index contributed by atoms with van der Waals surface area (Å²) in [6.45, 7) is 3.77. The van der Waals surface area contributed by atoms with Gasteiger partial charge in [0.25, 0.3) is 0 Å². The third-order valence-electron chi connectivity index (χ3n) is 4.22. The maximum Gasteiger partial charge on any atom is 0.146 e. The van der Waals surface area contributed by atoms with E-state index in [1.54, 1.807) is 17.0 Å². The highest BCUT2D eigenvalue weighted by Crippen LogP contribution is 2.34. The molecular formula is C20H17ClN6. The molecule has 0 aliphatic carbocycles. The highest BCUT2D eigenvalue weighted by Gasteiger charge is 2.18. The molecule has 0 fully saturated rings. The van der Waals surface area contributed by atoms with Crippen molar-refractivity contribution in [1.82, 2.24) is 24.7 Å². The Bertz CT molecular complexity index is 1160. The number of halogens is 1. The van der Waals surface area contributed by atoms with Gasteiger partial charge < -0.3 is 5.73 Å². The summed E-state index contributed by atoms with van der Waals surface area (Å²) in [7, 11) is 1.85. The van der Waals surface area contributed by atoms with Crippen LogP contribution in [0.1, 0.15) is 5.69 Å². The average molecular weight is 377 g/mol. The minimum atomic E-state index is 0.368. The molecule has 0 spiro atoms. The lowest BCUT2D eigenvalue weighted by Gasteiger charge is -2.12. The number of aryl methyl sites for hydroxylation is 1. The topological polar surface area (TPSA) is 82.5 Å². The van der Waals surface area contributed by atoms with E-state index in [4.69, 9.17) is 22.3 Å². The molecule has 27 heavy (non-hydrogen) atoms. The maximum absolute atomic E-state index is 6.48. The molecule has 1 aromatic carbocycles.